The number of unbranched alkanes of at least 4 members (excludes halogenated alkanes) is 1. The molecule has 23 heavy (non-hydrogen) atoms. The van der Waals surface area contributed by atoms with E-state index < -0.39 is 10.1 Å². The van der Waals surface area contributed by atoms with Crippen LogP contribution in [0.3, 0.4) is 0 Å². The molecule has 0 spiro atoms. The van der Waals surface area contributed by atoms with Crippen molar-refractivity contribution in [1.29, 1.82) is 0 Å². The molecule has 0 atom stereocenters. The monoisotopic (exact) mass is 339 g/mol. The van der Waals surface area contributed by atoms with Gasteiger partial charge >= 0.3 is 0 Å². The van der Waals surface area contributed by atoms with Gasteiger partial charge in [0, 0.05) is 18.9 Å². The number of nitrogens with one attached hydrogen (secondary N) is 1. The van der Waals surface area contributed by atoms with Crippen LogP contribution in [0.1, 0.15) is 19.8 Å². The molecule has 1 heterocycles. The van der Waals surface area contributed by atoms with Gasteiger partial charge in [0.25, 0.3) is 10.1 Å². The van der Waals surface area contributed by atoms with Crippen molar-refractivity contribution in [2.24, 2.45) is 0 Å². The van der Waals surface area contributed by atoms with Gasteiger partial charge in [-0.05, 0) is 24.8 Å². The van der Waals surface area contributed by atoms with E-state index >= 15 is 0 Å². The van der Waals surface area contributed by atoms with E-state index in [1.165, 1.54) is 12.8 Å². The number of benzene rings is 1. The summed E-state index contributed by atoms with van der Waals surface area (Å²) in [5.41, 5.74) is 2.90. The number of nitrogens with zero attached hydrogens (tertiary/aromatic N) is 2. The quantitative estimate of drug-likeness (QED) is 0.771. The number of anilines is 1. The average molecular weight is 339 g/mol. The highest BCUT2D eigenvalue weighted by molar-refractivity contribution is 7.86. The van der Waals surface area contributed by atoms with E-state index in [2.05, 4.69) is 45.5 Å². The number of hydrogen-bond acceptors (Lipinski definition) is 6. The molecular weight excluding hydrogens is 314 g/mol. The van der Waals surface area contributed by atoms with Crippen LogP contribution in [0, 0.1) is 0 Å². The zero-order chi connectivity index (χ0) is 17.1. The number of hydrogen-bond donors (Lipinski definition) is 1. The van der Waals surface area contributed by atoms with Gasteiger partial charge in [-0.25, -0.2) is 5.48 Å². The summed E-state index contributed by atoms with van der Waals surface area (Å²) in [6.45, 7) is 8.06. The highest BCUT2D eigenvalue weighted by Crippen LogP contribution is 2.07. The molecule has 1 N–H and O–H groups in total. The summed E-state index contributed by atoms with van der Waals surface area (Å²) in [4.78, 5) is 4.38. The first-order chi connectivity index (χ1) is 10.9. The Morgan fingerprint density at radius 1 is 1.30 bits per heavy atom. The van der Waals surface area contributed by atoms with E-state index in [4.69, 9.17) is 0 Å². The highest BCUT2D eigenvalue weighted by Gasteiger charge is 2.07. The van der Waals surface area contributed by atoms with Crippen molar-refractivity contribution in [3.63, 3.8) is 0 Å². The second-order valence-corrected chi connectivity index (χ2v) is 6.63. The van der Waals surface area contributed by atoms with Crippen molar-refractivity contribution >= 4 is 15.8 Å². The summed E-state index contributed by atoms with van der Waals surface area (Å²) in [6, 6.07) is 8.77. The molecule has 0 amide bonds. The predicted molar refractivity (Wildman–Crippen MR) is 93.7 cm³/mol. The van der Waals surface area contributed by atoms with Gasteiger partial charge in [0.1, 0.15) is 0 Å². The summed E-state index contributed by atoms with van der Waals surface area (Å²) < 4.78 is 25.4. The Balaban J connectivity index is 0.000000231. The Morgan fingerprint density at radius 3 is 2.52 bits per heavy atom. The lowest BCUT2D eigenvalue weighted by molar-refractivity contribution is 0.310. The first-order valence-electron chi connectivity index (χ1n) is 7.45. The molecule has 1 aromatic carbocycles. The zero-order valence-electron chi connectivity index (χ0n) is 13.7. The van der Waals surface area contributed by atoms with E-state index in [1.54, 1.807) is 24.3 Å². The minimum absolute atomic E-state index is 0.600. The van der Waals surface area contributed by atoms with Crippen LogP contribution in [-0.4, -0.2) is 37.7 Å². The molecule has 6 nitrogen and oxygen atoms in total. The third-order valence-corrected chi connectivity index (χ3v) is 3.32. The van der Waals surface area contributed by atoms with Gasteiger partial charge in [0.2, 0.25) is 0 Å². The Hall–Kier alpha value is -1.99. The first kappa shape index (κ1) is 19.1. The molecule has 1 aliphatic heterocycles. The molecule has 0 fully saturated rings. The van der Waals surface area contributed by atoms with E-state index in [9.17, 15) is 8.42 Å². The second-order valence-electron chi connectivity index (χ2n) is 5.06. The molecule has 7 heteroatoms. The van der Waals surface area contributed by atoms with Gasteiger partial charge in [-0.1, -0.05) is 38.1 Å². The van der Waals surface area contributed by atoms with E-state index in [1.807, 2.05) is 12.3 Å². The molecule has 0 radical (unpaired) electrons. The third-order valence-electron chi connectivity index (χ3n) is 2.93. The summed E-state index contributed by atoms with van der Waals surface area (Å²) >= 11 is 0. The van der Waals surface area contributed by atoms with Gasteiger partial charge in [-0.15, -0.1) is 0 Å². The third kappa shape index (κ3) is 8.90. The predicted octanol–water partition coefficient (Wildman–Crippen LogP) is 2.97. The van der Waals surface area contributed by atoms with Gasteiger partial charge in [-0.2, -0.15) is 12.7 Å². The molecule has 1 aliphatic rings. The normalized spacial score (nSPS) is 13.5. The fraction of sp³-hybridized carbons (Fsp3) is 0.375. The summed E-state index contributed by atoms with van der Waals surface area (Å²) in [5.74, 6) is 0. The molecule has 0 saturated carbocycles. The maximum Gasteiger partial charge on any atom is 0.284 e. The second kappa shape index (κ2) is 9.91. The van der Waals surface area contributed by atoms with Crippen molar-refractivity contribution in [3.8, 4) is 0 Å². The molecule has 0 bridgehead atoms. The molecule has 128 valence electrons. The molecule has 0 saturated heterocycles. The SMILES string of the molecule is C=CN1C=CN(CCCC)C1.CS(=O)(=O)ONc1ccccc1. The maximum absolute atomic E-state index is 10.5. The van der Waals surface area contributed by atoms with Crippen LogP contribution < -0.4 is 5.48 Å². The molecule has 2 rings (SSSR count). The van der Waals surface area contributed by atoms with E-state index in [-0.39, 0.29) is 0 Å². The van der Waals surface area contributed by atoms with Crippen molar-refractivity contribution in [2.75, 3.05) is 24.9 Å². The minimum atomic E-state index is -3.43. The molecule has 0 aromatic heterocycles. The Bertz CT molecular complexity index is 588. The van der Waals surface area contributed by atoms with Crippen molar-refractivity contribution in [1.82, 2.24) is 9.80 Å². The van der Waals surface area contributed by atoms with Crippen LogP contribution in [0.15, 0.2) is 55.5 Å². The summed E-state index contributed by atoms with van der Waals surface area (Å²) in [6.07, 6.45) is 9.54. The van der Waals surface area contributed by atoms with E-state index in [0.717, 1.165) is 19.5 Å². The summed E-state index contributed by atoms with van der Waals surface area (Å²) in [5, 5.41) is 0. The van der Waals surface area contributed by atoms with Crippen LogP contribution in [-0.2, 0) is 14.4 Å². The standard InChI is InChI=1S/C9H16N2.C7H9NO3S/c1-3-5-6-11-8-7-10(4-2)9-11;1-12(9,10)11-8-7-5-3-2-4-6-7/h4,7-8H,2-3,5-6,9H2,1H3;2-6,8H,1H3. The molecule has 0 aliphatic carbocycles. The van der Waals surface area contributed by atoms with Crippen LogP contribution in [0.2, 0.25) is 0 Å². The molecule has 1 aromatic rings. The lowest BCUT2D eigenvalue weighted by Gasteiger charge is -2.17. The maximum atomic E-state index is 10.5. The van der Waals surface area contributed by atoms with Crippen molar-refractivity contribution in [3.05, 3.63) is 55.5 Å². The smallest absolute Gasteiger partial charge is 0.284 e. The molecular formula is C16H25N3O3S. The molecule has 0 unspecified atom stereocenters. The minimum Gasteiger partial charge on any atom is -0.358 e. The Kier molecular flexibility index (Phi) is 8.21. The van der Waals surface area contributed by atoms with Crippen LogP contribution in [0.25, 0.3) is 0 Å². The van der Waals surface area contributed by atoms with Gasteiger partial charge < -0.3 is 9.80 Å². The van der Waals surface area contributed by atoms with Crippen LogP contribution >= 0.6 is 0 Å². The van der Waals surface area contributed by atoms with Gasteiger partial charge in [0.15, 0.2) is 0 Å². The van der Waals surface area contributed by atoms with Gasteiger partial charge in [0.05, 0.1) is 18.6 Å². The van der Waals surface area contributed by atoms with Crippen LogP contribution in [0.5, 0.6) is 0 Å². The Labute approximate surface area is 139 Å². The largest absolute Gasteiger partial charge is 0.358 e. The van der Waals surface area contributed by atoms with Gasteiger partial charge in [-0.3, -0.25) is 0 Å². The fourth-order valence-corrected chi connectivity index (χ4v) is 1.99. The topological polar surface area (TPSA) is 61.9 Å². The van der Waals surface area contributed by atoms with E-state index in [0.29, 0.717) is 5.69 Å². The number of para-hydroxylation sites is 1. The first-order valence-corrected chi connectivity index (χ1v) is 9.26. The van der Waals surface area contributed by atoms with Crippen molar-refractivity contribution in [2.45, 2.75) is 19.8 Å². The zero-order valence-corrected chi connectivity index (χ0v) is 14.5. The Morgan fingerprint density at radius 2 is 2.00 bits per heavy atom. The van der Waals surface area contributed by atoms with Crippen molar-refractivity contribution < 1.29 is 12.7 Å². The van der Waals surface area contributed by atoms with Crippen LogP contribution in [0.4, 0.5) is 5.69 Å². The summed E-state index contributed by atoms with van der Waals surface area (Å²) in [7, 11) is -3.43. The fourth-order valence-electron chi connectivity index (χ4n) is 1.74. The average Bonchev–Trinajstić information content (AvgIpc) is 3.00. The highest BCUT2D eigenvalue weighted by atomic mass is 32.2. The lowest BCUT2D eigenvalue weighted by atomic mass is 10.3. The lowest BCUT2D eigenvalue weighted by Crippen LogP contribution is -2.22. The number of rotatable bonds is 7.